The summed E-state index contributed by atoms with van der Waals surface area (Å²) >= 11 is 0. The molecule has 0 saturated carbocycles. The van der Waals surface area contributed by atoms with Gasteiger partial charge < -0.3 is 10.7 Å². The Bertz CT molecular complexity index is 1120. The number of aromatic amines is 1. The third-order valence-corrected chi connectivity index (χ3v) is 3.57. The predicted molar refractivity (Wildman–Crippen MR) is 87.1 cm³/mol. The number of nitrogen functional groups attached to an aromatic ring is 1. The van der Waals surface area contributed by atoms with Crippen LogP contribution in [0.15, 0.2) is 53.7 Å². The van der Waals surface area contributed by atoms with Gasteiger partial charge >= 0.3 is 0 Å². The first-order chi connectivity index (χ1) is 11.6. The molecule has 0 aliphatic carbocycles. The molecule has 0 fully saturated rings. The number of aromatic nitrogens is 5. The van der Waals surface area contributed by atoms with Crippen LogP contribution in [-0.4, -0.2) is 24.5 Å². The Balaban J connectivity index is 2.11. The van der Waals surface area contributed by atoms with Crippen LogP contribution in [0.3, 0.4) is 0 Å². The van der Waals surface area contributed by atoms with Gasteiger partial charge in [-0.15, -0.1) is 0 Å². The Kier molecular flexibility index (Phi) is 3.09. The van der Waals surface area contributed by atoms with Crippen LogP contribution in [-0.2, 0) is 0 Å². The minimum atomic E-state index is -0.393. The molecular weight excluding hydrogens is 311 g/mol. The first-order valence-corrected chi connectivity index (χ1v) is 7.07. The number of hydrogen-bond acceptors (Lipinski definition) is 5. The normalized spacial score (nSPS) is 11.0. The van der Waals surface area contributed by atoms with Gasteiger partial charge in [0, 0.05) is 17.8 Å². The fourth-order valence-corrected chi connectivity index (χ4v) is 2.55. The summed E-state index contributed by atoms with van der Waals surface area (Å²) < 4.78 is 15.3. The minimum absolute atomic E-state index is 0.209. The van der Waals surface area contributed by atoms with E-state index in [1.165, 1.54) is 30.7 Å². The maximum absolute atomic E-state index is 13.6. The maximum Gasteiger partial charge on any atom is 0.250 e. The van der Waals surface area contributed by atoms with Crippen molar-refractivity contribution in [3.63, 3.8) is 0 Å². The van der Waals surface area contributed by atoms with Gasteiger partial charge in [0.25, 0.3) is 0 Å². The van der Waals surface area contributed by atoms with Gasteiger partial charge in [-0.25, -0.2) is 19.3 Å². The maximum atomic E-state index is 13.6. The Morgan fingerprint density at radius 3 is 2.83 bits per heavy atom. The van der Waals surface area contributed by atoms with Crippen LogP contribution in [0.25, 0.3) is 28.2 Å². The lowest BCUT2D eigenvalue weighted by Gasteiger charge is -2.08. The number of anilines is 1. The van der Waals surface area contributed by atoms with Crippen LogP contribution in [0.1, 0.15) is 0 Å². The first-order valence-electron chi connectivity index (χ1n) is 7.07. The highest BCUT2D eigenvalue weighted by molar-refractivity contribution is 5.87. The van der Waals surface area contributed by atoms with Crippen molar-refractivity contribution < 1.29 is 4.39 Å². The van der Waals surface area contributed by atoms with E-state index in [4.69, 9.17) is 5.73 Å². The lowest BCUT2D eigenvalue weighted by molar-refractivity contribution is 0.628. The number of nitrogens with two attached hydrogens (primary N) is 1. The molecule has 0 aliphatic rings. The fourth-order valence-electron chi connectivity index (χ4n) is 2.55. The summed E-state index contributed by atoms with van der Waals surface area (Å²) in [6, 6.07) is 9.11. The lowest BCUT2D eigenvalue weighted by Crippen LogP contribution is -2.07. The topological polar surface area (TPSA) is 102 Å². The van der Waals surface area contributed by atoms with Gasteiger partial charge in [0.2, 0.25) is 5.56 Å². The molecular formula is C16H11FN6O. The van der Waals surface area contributed by atoms with E-state index in [0.29, 0.717) is 28.2 Å². The number of imidazole rings is 1. The zero-order valence-corrected chi connectivity index (χ0v) is 12.3. The average Bonchev–Trinajstić information content (AvgIpc) is 2.96. The van der Waals surface area contributed by atoms with Gasteiger partial charge in [-0.05, 0) is 18.2 Å². The molecule has 3 N–H and O–H groups in total. The summed E-state index contributed by atoms with van der Waals surface area (Å²) in [5, 5.41) is 0. The van der Waals surface area contributed by atoms with E-state index in [2.05, 4.69) is 19.9 Å². The standard InChI is InChI=1S/C16H11FN6O/c17-10-3-1-2-9(6-10)15-22-13-14(18)20-8-21-16(13)23(15)11-4-5-19-12(24)7-11/h1-8H,(H,19,24)(H2,18,20,21). The van der Waals surface area contributed by atoms with E-state index in [1.54, 1.807) is 22.8 Å². The second-order valence-electron chi connectivity index (χ2n) is 5.12. The smallest absolute Gasteiger partial charge is 0.250 e. The summed E-state index contributed by atoms with van der Waals surface area (Å²) in [5.74, 6) is 0.236. The molecule has 8 heteroatoms. The predicted octanol–water partition coefficient (Wildman–Crippen LogP) is 1.89. The summed E-state index contributed by atoms with van der Waals surface area (Å²) in [4.78, 5) is 26.9. The first kappa shape index (κ1) is 14.1. The highest BCUT2D eigenvalue weighted by Gasteiger charge is 2.18. The lowest BCUT2D eigenvalue weighted by atomic mass is 10.2. The summed E-state index contributed by atoms with van der Waals surface area (Å²) in [5.41, 5.74) is 7.51. The van der Waals surface area contributed by atoms with Crippen LogP contribution >= 0.6 is 0 Å². The van der Waals surface area contributed by atoms with Crippen LogP contribution in [0.2, 0.25) is 0 Å². The zero-order chi connectivity index (χ0) is 16.7. The number of hydrogen-bond donors (Lipinski definition) is 2. The molecule has 0 unspecified atom stereocenters. The number of pyridine rings is 1. The SMILES string of the molecule is Nc1ncnc2c1nc(-c1cccc(F)c1)n2-c1cc[nH]c(=O)c1. The third kappa shape index (κ3) is 2.21. The Morgan fingerprint density at radius 1 is 1.17 bits per heavy atom. The highest BCUT2D eigenvalue weighted by Crippen LogP contribution is 2.28. The number of H-pyrrole nitrogens is 1. The van der Waals surface area contributed by atoms with Gasteiger partial charge in [-0.2, -0.15) is 0 Å². The monoisotopic (exact) mass is 322 g/mol. The average molecular weight is 322 g/mol. The second-order valence-corrected chi connectivity index (χ2v) is 5.12. The quantitative estimate of drug-likeness (QED) is 0.587. The van der Waals surface area contributed by atoms with E-state index in [-0.39, 0.29) is 11.4 Å². The van der Waals surface area contributed by atoms with Crippen molar-refractivity contribution in [3.8, 4) is 17.1 Å². The number of benzene rings is 1. The number of halogens is 1. The molecule has 0 aliphatic heterocycles. The van der Waals surface area contributed by atoms with Crippen molar-refractivity contribution in [1.29, 1.82) is 0 Å². The summed E-state index contributed by atoms with van der Waals surface area (Å²) in [6.07, 6.45) is 2.84. The van der Waals surface area contributed by atoms with E-state index >= 15 is 0 Å². The molecule has 0 atom stereocenters. The second kappa shape index (κ2) is 5.27. The molecule has 7 nitrogen and oxygen atoms in total. The number of rotatable bonds is 2. The summed E-state index contributed by atoms with van der Waals surface area (Å²) in [7, 11) is 0. The van der Waals surface area contributed by atoms with Crippen molar-refractivity contribution in [2.45, 2.75) is 0 Å². The number of nitrogens with zero attached hydrogens (tertiary/aromatic N) is 4. The fraction of sp³-hybridized carbons (Fsp3) is 0. The molecule has 0 radical (unpaired) electrons. The van der Waals surface area contributed by atoms with E-state index in [0.717, 1.165) is 0 Å². The van der Waals surface area contributed by atoms with Crippen LogP contribution in [0, 0.1) is 5.82 Å². The molecule has 0 bridgehead atoms. The molecule has 0 spiro atoms. The Hall–Kier alpha value is -3.55. The van der Waals surface area contributed by atoms with Gasteiger partial charge in [-0.1, -0.05) is 12.1 Å². The molecule has 4 rings (SSSR count). The number of fused-ring (bicyclic) bond motifs is 1. The minimum Gasteiger partial charge on any atom is -0.382 e. The van der Waals surface area contributed by atoms with Gasteiger partial charge in [-0.3, -0.25) is 9.36 Å². The summed E-state index contributed by atoms with van der Waals surface area (Å²) in [6.45, 7) is 0. The molecule has 3 aromatic heterocycles. The van der Waals surface area contributed by atoms with Crippen LogP contribution in [0.5, 0.6) is 0 Å². The Labute approximate surface area is 134 Å². The van der Waals surface area contributed by atoms with E-state index in [9.17, 15) is 9.18 Å². The molecule has 0 amide bonds. The Morgan fingerprint density at radius 2 is 2.04 bits per heavy atom. The molecule has 118 valence electrons. The molecule has 4 aromatic rings. The van der Waals surface area contributed by atoms with Crippen molar-refractivity contribution in [2.24, 2.45) is 0 Å². The third-order valence-electron chi connectivity index (χ3n) is 3.57. The van der Waals surface area contributed by atoms with Gasteiger partial charge in [0.1, 0.15) is 18.0 Å². The van der Waals surface area contributed by atoms with E-state index < -0.39 is 5.82 Å². The molecule has 1 aromatic carbocycles. The van der Waals surface area contributed by atoms with E-state index in [1.807, 2.05) is 0 Å². The molecule has 0 saturated heterocycles. The van der Waals surface area contributed by atoms with Gasteiger partial charge in [0.05, 0.1) is 5.69 Å². The number of nitrogens with one attached hydrogen (secondary N) is 1. The van der Waals surface area contributed by atoms with Crippen molar-refractivity contribution in [1.82, 2.24) is 24.5 Å². The zero-order valence-electron chi connectivity index (χ0n) is 12.3. The van der Waals surface area contributed by atoms with Gasteiger partial charge in [0.15, 0.2) is 17.0 Å². The molecule has 3 heterocycles. The van der Waals surface area contributed by atoms with Crippen molar-refractivity contribution in [2.75, 3.05) is 5.73 Å². The molecule has 24 heavy (non-hydrogen) atoms. The van der Waals surface area contributed by atoms with Crippen LogP contribution < -0.4 is 11.3 Å². The van der Waals surface area contributed by atoms with Crippen molar-refractivity contribution >= 4 is 17.0 Å². The largest absolute Gasteiger partial charge is 0.382 e. The highest BCUT2D eigenvalue weighted by atomic mass is 19.1. The van der Waals surface area contributed by atoms with Crippen molar-refractivity contribution in [3.05, 3.63) is 65.1 Å². The van der Waals surface area contributed by atoms with Crippen LogP contribution in [0.4, 0.5) is 10.2 Å².